The van der Waals surface area contributed by atoms with Gasteiger partial charge in [0.2, 0.25) is 0 Å². The van der Waals surface area contributed by atoms with Gasteiger partial charge in [0.25, 0.3) is 0 Å². The highest BCUT2D eigenvalue weighted by atomic mass is 16.5. The minimum absolute atomic E-state index is 0.400. The number of hydrogen-bond acceptors (Lipinski definition) is 2. The minimum atomic E-state index is -0.400. The number of rotatable bonds is 3. The number of ether oxygens (including phenoxy) is 1. The zero-order valence-corrected chi connectivity index (χ0v) is 5.81. The summed E-state index contributed by atoms with van der Waals surface area (Å²) < 4.78 is 4.32. The van der Waals surface area contributed by atoms with Gasteiger partial charge in [-0.2, -0.15) is 0 Å². The molecule has 0 aromatic carbocycles. The molecule has 0 rings (SSSR count). The van der Waals surface area contributed by atoms with Gasteiger partial charge in [0.15, 0.2) is 0 Å². The van der Waals surface area contributed by atoms with E-state index in [4.69, 9.17) is 0 Å². The first kappa shape index (κ1) is 8.21. The predicted molar refractivity (Wildman–Crippen MR) is 34.7 cm³/mol. The number of allylic oxidation sites excluding steroid dienone is 1. The quantitative estimate of drug-likeness (QED) is 0.422. The zero-order valence-electron chi connectivity index (χ0n) is 5.81. The van der Waals surface area contributed by atoms with Crippen molar-refractivity contribution in [2.24, 2.45) is 0 Å². The fourth-order valence-electron chi connectivity index (χ4n) is 0.359. The molecule has 0 spiro atoms. The molecule has 0 fully saturated rings. The van der Waals surface area contributed by atoms with E-state index >= 15 is 0 Å². The largest absolute Gasteiger partial charge is 0.465 e. The maximum atomic E-state index is 10.3. The molecule has 0 aromatic heterocycles. The van der Waals surface area contributed by atoms with Crippen molar-refractivity contribution in [2.45, 2.75) is 19.8 Å². The van der Waals surface area contributed by atoms with E-state index in [1.165, 1.54) is 7.11 Å². The number of hydrogen-bond donors (Lipinski definition) is 0. The van der Waals surface area contributed by atoms with Crippen LogP contribution >= 0.6 is 0 Å². The minimum Gasteiger partial charge on any atom is -0.465 e. The van der Waals surface area contributed by atoms with Gasteiger partial charge in [0, 0.05) is 0 Å². The summed E-state index contributed by atoms with van der Waals surface area (Å²) in [6, 6.07) is 0. The van der Waals surface area contributed by atoms with Crippen LogP contribution in [0.2, 0.25) is 0 Å². The number of carbonyl (C=O) groups excluding carboxylic acids is 1. The summed E-state index contributed by atoms with van der Waals surface area (Å²) in [6.07, 6.45) is 6.05. The van der Waals surface area contributed by atoms with E-state index in [1.54, 1.807) is 6.08 Å². The fraction of sp³-hybridized carbons (Fsp3) is 0.571. The first-order valence-corrected chi connectivity index (χ1v) is 2.97. The van der Waals surface area contributed by atoms with Gasteiger partial charge < -0.3 is 4.74 Å². The zero-order chi connectivity index (χ0) is 7.11. The van der Waals surface area contributed by atoms with Crippen molar-refractivity contribution in [3.63, 3.8) is 0 Å². The standard InChI is InChI=1S/C7H11O2/c1-3-4-5-6-7(8)9-2/h5H,3-4H2,1-2H3. The van der Waals surface area contributed by atoms with Crippen molar-refractivity contribution >= 4 is 5.97 Å². The van der Waals surface area contributed by atoms with E-state index < -0.39 is 5.97 Å². The Morgan fingerprint density at radius 2 is 2.44 bits per heavy atom. The van der Waals surface area contributed by atoms with Gasteiger partial charge in [-0.1, -0.05) is 19.4 Å². The summed E-state index contributed by atoms with van der Waals surface area (Å²) in [7, 11) is 1.34. The number of esters is 1. The maximum Gasteiger partial charge on any atom is 0.338 e. The first-order valence-electron chi connectivity index (χ1n) is 2.97. The van der Waals surface area contributed by atoms with Gasteiger partial charge in [-0.25, -0.2) is 4.79 Å². The Morgan fingerprint density at radius 3 is 2.89 bits per heavy atom. The third kappa shape index (κ3) is 5.07. The Balaban J connectivity index is 3.32. The third-order valence-electron chi connectivity index (χ3n) is 0.838. The van der Waals surface area contributed by atoms with Crippen molar-refractivity contribution < 1.29 is 9.53 Å². The van der Waals surface area contributed by atoms with Crippen LogP contribution in [0.5, 0.6) is 0 Å². The average molecular weight is 127 g/mol. The molecule has 0 aliphatic heterocycles. The summed E-state index contributed by atoms with van der Waals surface area (Å²) in [5.41, 5.74) is 0. The van der Waals surface area contributed by atoms with E-state index in [9.17, 15) is 4.79 Å². The highest BCUT2D eigenvalue weighted by Gasteiger charge is 1.88. The fourth-order valence-corrected chi connectivity index (χ4v) is 0.359. The molecule has 0 amide bonds. The van der Waals surface area contributed by atoms with Gasteiger partial charge in [0.1, 0.15) is 0 Å². The lowest BCUT2D eigenvalue weighted by atomic mass is 10.3. The van der Waals surface area contributed by atoms with Crippen LogP contribution < -0.4 is 0 Å². The van der Waals surface area contributed by atoms with Gasteiger partial charge >= 0.3 is 5.97 Å². The molecule has 51 valence electrons. The molecule has 0 aliphatic rings. The molecule has 0 aromatic rings. The molecule has 0 aliphatic carbocycles. The molecule has 0 heterocycles. The molecule has 2 nitrogen and oxygen atoms in total. The monoisotopic (exact) mass is 127 g/mol. The van der Waals surface area contributed by atoms with Gasteiger partial charge in [-0.15, -0.1) is 0 Å². The lowest BCUT2D eigenvalue weighted by Gasteiger charge is -1.86. The summed E-state index contributed by atoms with van der Waals surface area (Å²) >= 11 is 0. The van der Waals surface area contributed by atoms with Crippen molar-refractivity contribution in [2.75, 3.05) is 7.11 Å². The van der Waals surface area contributed by atoms with E-state index in [2.05, 4.69) is 10.8 Å². The Labute approximate surface area is 55.5 Å². The van der Waals surface area contributed by atoms with Gasteiger partial charge in [-0.3, -0.25) is 0 Å². The smallest absolute Gasteiger partial charge is 0.338 e. The van der Waals surface area contributed by atoms with E-state index in [0.717, 1.165) is 12.8 Å². The van der Waals surface area contributed by atoms with Crippen LogP contribution in [0.1, 0.15) is 19.8 Å². The Bertz CT molecular complexity index is 105. The van der Waals surface area contributed by atoms with Crippen molar-refractivity contribution in [1.82, 2.24) is 0 Å². The van der Waals surface area contributed by atoms with Crippen LogP contribution in [0.3, 0.4) is 0 Å². The van der Waals surface area contributed by atoms with Crippen LogP contribution in [-0.2, 0) is 9.53 Å². The molecule has 0 unspecified atom stereocenters. The molecule has 2 heteroatoms. The van der Waals surface area contributed by atoms with E-state index in [0.29, 0.717) is 0 Å². The topological polar surface area (TPSA) is 26.3 Å². The molecule has 1 radical (unpaired) electrons. The number of carbonyl (C=O) groups is 1. The molecule has 0 saturated carbocycles. The van der Waals surface area contributed by atoms with Crippen molar-refractivity contribution in [3.05, 3.63) is 12.2 Å². The van der Waals surface area contributed by atoms with Gasteiger partial charge in [-0.05, 0) is 6.42 Å². The number of unbranched alkanes of at least 4 members (excludes halogenated alkanes) is 1. The SMILES string of the molecule is CCC/C=[C]\C(=O)OC. The second kappa shape index (κ2) is 5.35. The Morgan fingerprint density at radius 1 is 1.78 bits per heavy atom. The maximum absolute atomic E-state index is 10.3. The Kier molecular flexibility index (Phi) is 4.88. The predicted octanol–water partition coefficient (Wildman–Crippen LogP) is 1.32. The second-order valence-corrected chi connectivity index (χ2v) is 1.63. The van der Waals surface area contributed by atoms with Crippen LogP contribution in [0, 0.1) is 6.08 Å². The van der Waals surface area contributed by atoms with Crippen molar-refractivity contribution in [1.29, 1.82) is 0 Å². The highest BCUT2D eigenvalue weighted by molar-refractivity contribution is 5.77. The lowest BCUT2D eigenvalue weighted by molar-refractivity contribution is -0.135. The molecule has 0 N–H and O–H groups in total. The summed E-state index contributed by atoms with van der Waals surface area (Å²) in [4.78, 5) is 10.3. The van der Waals surface area contributed by atoms with Crippen LogP contribution in [0.4, 0.5) is 0 Å². The summed E-state index contributed by atoms with van der Waals surface area (Å²) in [5.74, 6) is -0.400. The summed E-state index contributed by atoms with van der Waals surface area (Å²) in [6.45, 7) is 2.04. The average Bonchev–Trinajstić information content (AvgIpc) is 1.89. The second-order valence-electron chi connectivity index (χ2n) is 1.63. The Hall–Kier alpha value is -0.790. The van der Waals surface area contributed by atoms with E-state index in [-0.39, 0.29) is 0 Å². The molecule has 0 atom stereocenters. The lowest BCUT2D eigenvalue weighted by Crippen LogP contribution is -1.93. The molecule has 0 saturated heterocycles. The van der Waals surface area contributed by atoms with Gasteiger partial charge in [0.05, 0.1) is 13.2 Å². The third-order valence-corrected chi connectivity index (χ3v) is 0.838. The highest BCUT2D eigenvalue weighted by Crippen LogP contribution is 1.87. The first-order chi connectivity index (χ1) is 4.31. The van der Waals surface area contributed by atoms with Crippen molar-refractivity contribution in [3.8, 4) is 0 Å². The van der Waals surface area contributed by atoms with Crippen LogP contribution in [0.15, 0.2) is 6.08 Å². The molecule has 9 heavy (non-hydrogen) atoms. The number of methoxy groups -OCH3 is 1. The molecular formula is C7H11O2. The normalized spacial score (nSPS) is 10.0. The van der Waals surface area contributed by atoms with Crippen LogP contribution in [-0.4, -0.2) is 13.1 Å². The van der Waals surface area contributed by atoms with E-state index in [1.807, 2.05) is 6.92 Å². The molecular weight excluding hydrogens is 116 g/mol. The molecule has 0 bridgehead atoms. The summed E-state index contributed by atoms with van der Waals surface area (Å²) in [5, 5.41) is 0. The van der Waals surface area contributed by atoms with Crippen LogP contribution in [0.25, 0.3) is 0 Å².